The monoisotopic (exact) mass is 267 g/mol. The van der Waals surface area contributed by atoms with Crippen LogP contribution in [0, 0.1) is 6.92 Å². The zero-order valence-corrected chi connectivity index (χ0v) is 11.5. The van der Waals surface area contributed by atoms with E-state index in [-0.39, 0.29) is 0 Å². The topological polar surface area (TPSA) is 15.8 Å². The molecule has 0 aliphatic heterocycles. The van der Waals surface area contributed by atoms with Crippen LogP contribution in [-0.4, -0.2) is 4.98 Å². The Balaban J connectivity index is 2.13. The molecule has 3 aromatic rings. The van der Waals surface area contributed by atoms with E-state index in [2.05, 4.69) is 42.8 Å². The van der Waals surface area contributed by atoms with Crippen LogP contribution >= 0.6 is 11.6 Å². The van der Waals surface area contributed by atoms with E-state index in [1.54, 1.807) is 0 Å². The van der Waals surface area contributed by atoms with Crippen molar-refractivity contribution in [2.24, 2.45) is 0 Å². The zero-order valence-electron chi connectivity index (χ0n) is 10.7. The molecule has 0 radical (unpaired) electrons. The molecule has 1 nitrogen and oxygen atoms in total. The minimum Gasteiger partial charge on any atom is -0.359 e. The third kappa shape index (κ3) is 2.18. The van der Waals surface area contributed by atoms with E-state index >= 15 is 0 Å². The second-order valence-corrected chi connectivity index (χ2v) is 5.14. The second kappa shape index (κ2) is 4.60. The number of rotatable bonds is 2. The molecule has 19 heavy (non-hydrogen) atoms. The lowest BCUT2D eigenvalue weighted by atomic mass is 9.97. The van der Waals surface area contributed by atoms with Crippen molar-refractivity contribution in [2.75, 3.05) is 0 Å². The van der Waals surface area contributed by atoms with E-state index in [1.807, 2.05) is 24.3 Å². The molecule has 0 spiro atoms. The summed E-state index contributed by atoms with van der Waals surface area (Å²) >= 11 is 5.93. The molecule has 2 aromatic carbocycles. The van der Waals surface area contributed by atoms with Gasteiger partial charge in [0.2, 0.25) is 0 Å². The molecule has 1 heterocycles. The Labute approximate surface area is 117 Å². The highest BCUT2D eigenvalue weighted by Gasteiger charge is 2.08. The number of fused-ring (bicyclic) bond motifs is 1. The molecule has 2 heteroatoms. The van der Waals surface area contributed by atoms with Crippen LogP contribution in [0.3, 0.4) is 0 Å². The largest absolute Gasteiger partial charge is 0.359 e. The first kappa shape index (κ1) is 12.1. The van der Waals surface area contributed by atoms with E-state index in [9.17, 15) is 0 Å². The molecule has 0 aliphatic carbocycles. The Morgan fingerprint density at radius 2 is 1.84 bits per heavy atom. The van der Waals surface area contributed by atoms with Gasteiger partial charge in [0.05, 0.1) is 0 Å². The quantitative estimate of drug-likeness (QED) is 0.658. The predicted octanol–water partition coefficient (Wildman–Crippen LogP) is 5.19. The summed E-state index contributed by atoms with van der Waals surface area (Å²) in [7, 11) is 0. The fourth-order valence-corrected chi connectivity index (χ4v) is 2.49. The average molecular weight is 268 g/mol. The zero-order chi connectivity index (χ0) is 13.4. The summed E-state index contributed by atoms with van der Waals surface area (Å²) in [6.45, 7) is 6.29. The van der Waals surface area contributed by atoms with Crippen LogP contribution in [0.15, 0.2) is 55.1 Å². The minimum atomic E-state index is 0.743. The molecule has 0 aliphatic rings. The van der Waals surface area contributed by atoms with Crippen LogP contribution in [0.2, 0.25) is 5.02 Å². The normalized spacial score (nSPS) is 10.8. The predicted molar refractivity (Wildman–Crippen MR) is 82.6 cm³/mol. The molecule has 3 rings (SSSR count). The van der Waals surface area contributed by atoms with Gasteiger partial charge in [-0.15, -0.1) is 0 Å². The van der Waals surface area contributed by atoms with Crippen molar-refractivity contribution >= 4 is 28.1 Å². The van der Waals surface area contributed by atoms with Crippen molar-refractivity contribution in [1.29, 1.82) is 0 Å². The fourth-order valence-electron chi connectivity index (χ4n) is 2.36. The summed E-state index contributed by atoms with van der Waals surface area (Å²) < 4.78 is 0. The van der Waals surface area contributed by atoms with Crippen LogP contribution in [-0.2, 0) is 0 Å². The van der Waals surface area contributed by atoms with Gasteiger partial charge < -0.3 is 4.98 Å². The summed E-state index contributed by atoms with van der Waals surface area (Å²) in [5.41, 5.74) is 5.57. The number of aryl methyl sites for hydroxylation is 1. The molecule has 0 amide bonds. The molecule has 0 bridgehead atoms. The third-order valence-corrected chi connectivity index (χ3v) is 3.57. The van der Waals surface area contributed by atoms with Crippen molar-refractivity contribution in [3.8, 4) is 0 Å². The summed E-state index contributed by atoms with van der Waals surface area (Å²) in [6.07, 6.45) is 0. The van der Waals surface area contributed by atoms with Gasteiger partial charge in [0, 0.05) is 21.6 Å². The highest BCUT2D eigenvalue weighted by atomic mass is 35.5. The van der Waals surface area contributed by atoms with E-state index in [0.717, 1.165) is 32.9 Å². The van der Waals surface area contributed by atoms with E-state index < -0.39 is 0 Å². The minimum absolute atomic E-state index is 0.743. The maximum Gasteiger partial charge on any atom is 0.0462 e. The Morgan fingerprint density at radius 3 is 2.58 bits per heavy atom. The first-order valence-electron chi connectivity index (χ1n) is 6.19. The molecule has 0 fully saturated rings. The molecule has 94 valence electrons. The first-order valence-corrected chi connectivity index (χ1v) is 6.56. The number of hydrogen-bond donors (Lipinski definition) is 1. The number of hydrogen-bond acceptors (Lipinski definition) is 0. The molecule has 0 saturated carbocycles. The summed E-state index contributed by atoms with van der Waals surface area (Å²) in [5.74, 6) is 0. The van der Waals surface area contributed by atoms with Crippen molar-refractivity contribution in [3.63, 3.8) is 0 Å². The average Bonchev–Trinajstić information content (AvgIpc) is 2.78. The summed E-state index contributed by atoms with van der Waals surface area (Å²) in [5, 5.41) is 1.95. The maximum absolute atomic E-state index is 5.93. The molecular weight excluding hydrogens is 254 g/mol. The SMILES string of the molecule is C=C(c1ccc(Cl)cc1)c1cccc2[nH]c(C)cc12. The van der Waals surface area contributed by atoms with Gasteiger partial charge in [-0.2, -0.15) is 0 Å². The Bertz CT molecular complexity index is 751. The fraction of sp³-hybridized carbons (Fsp3) is 0.0588. The molecule has 0 atom stereocenters. The van der Waals surface area contributed by atoms with Crippen LogP contribution in [0.25, 0.3) is 16.5 Å². The lowest BCUT2D eigenvalue weighted by Gasteiger charge is -2.08. The van der Waals surface area contributed by atoms with E-state index in [1.165, 1.54) is 5.39 Å². The molecular formula is C17H14ClN. The number of H-pyrrole nitrogens is 1. The number of benzene rings is 2. The number of aromatic amines is 1. The van der Waals surface area contributed by atoms with Gasteiger partial charge in [0.25, 0.3) is 0 Å². The van der Waals surface area contributed by atoms with Gasteiger partial charge in [-0.1, -0.05) is 42.4 Å². The highest BCUT2D eigenvalue weighted by Crippen LogP contribution is 2.29. The second-order valence-electron chi connectivity index (χ2n) is 4.70. The molecule has 1 N–H and O–H groups in total. The first-order chi connectivity index (χ1) is 9.15. The smallest absolute Gasteiger partial charge is 0.0462 e. The van der Waals surface area contributed by atoms with E-state index in [0.29, 0.717) is 0 Å². The standard InChI is InChI=1S/C17H14ClN/c1-11-10-16-15(4-3-5-17(16)19-11)12(2)13-6-8-14(18)9-7-13/h3-10,19H,2H2,1H3. The van der Waals surface area contributed by atoms with Crippen molar-refractivity contribution in [2.45, 2.75) is 6.92 Å². The van der Waals surface area contributed by atoms with Gasteiger partial charge in [0.15, 0.2) is 0 Å². The molecule has 0 unspecified atom stereocenters. The Morgan fingerprint density at radius 1 is 1.11 bits per heavy atom. The van der Waals surface area contributed by atoms with Gasteiger partial charge >= 0.3 is 0 Å². The maximum atomic E-state index is 5.93. The van der Waals surface area contributed by atoms with Crippen LogP contribution in [0.5, 0.6) is 0 Å². The van der Waals surface area contributed by atoms with Gasteiger partial charge in [-0.3, -0.25) is 0 Å². The summed E-state index contributed by atoms with van der Waals surface area (Å²) in [4.78, 5) is 3.35. The van der Waals surface area contributed by atoms with Gasteiger partial charge in [-0.05, 0) is 47.9 Å². The van der Waals surface area contributed by atoms with Crippen molar-refractivity contribution in [1.82, 2.24) is 4.98 Å². The van der Waals surface area contributed by atoms with Crippen molar-refractivity contribution in [3.05, 3.63) is 77.0 Å². The summed E-state index contributed by atoms with van der Waals surface area (Å²) in [6, 6.07) is 16.2. The Kier molecular flexibility index (Phi) is 2.92. The number of halogens is 1. The van der Waals surface area contributed by atoms with Crippen LogP contribution in [0.4, 0.5) is 0 Å². The van der Waals surface area contributed by atoms with Gasteiger partial charge in [0.1, 0.15) is 0 Å². The molecule has 1 aromatic heterocycles. The lowest BCUT2D eigenvalue weighted by molar-refractivity contribution is 1.30. The van der Waals surface area contributed by atoms with Crippen LogP contribution < -0.4 is 0 Å². The molecule has 0 saturated heterocycles. The van der Waals surface area contributed by atoms with E-state index in [4.69, 9.17) is 11.6 Å². The van der Waals surface area contributed by atoms with Crippen molar-refractivity contribution < 1.29 is 0 Å². The number of aromatic nitrogens is 1. The Hall–Kier alpha value is -1.99. The van der Waals surface area contributed by atoms with Gasteiger partial charge in [-0.25, -0.2) is 0 Å². The highest BCUT2D eigenvalue weighted by molar-refractivity contribution is 6.30. The third-order valence-electron chi connectivity index (χ3n) is 3.32. The lowest BCUT2D eigenvalue weighted by Crippen LogP contribution is -1.86. The number of nitrogens with one attached hydrogen (secondary N) is 1. The van der Waals surface area contributed by atoms with Crippen LogP contribution in [0.1, 0.15) is 16.8 Å².